The molecule has 23 heavy (non-hydrogen) atoms. The Morgan fingerprint density at radius 3 is 1.74 bits per heavy atom. The van der Waals surface area contributed by atoms with Crippen LogP contribution in [0.1, 0.15) is 36.0 Å². The lowest BCUT2D eigenvalue weighted by Crippen LogP contribution is -2.12. The van der Waals surface area contributed by atoms with Crippen LogP contribution in [0.25, 0.3) is 0 Å². The Labute approximate surface area is 137 Å². The maximum absolute atomic E-state index is 10.8. The zero-order valence-electron chi connectivity index (χ0n) is 13.6. The molecule has 2 aromatic carbocycles. The molecule has 124 valence electrons. The molecule has 4 nitrogen and oxygen atoms in total. The third-order valence-corrected chi connectivity index (χ3v) is 4.06. The summed E-state index contributed by atoms with van der Waals surface area (Å²) in [6.45, 7) is 0.113. The number of hydrogen-bond acceptors (Lipinski definition) is 4. The Kier molecular flexibility index (Phi) is 6.44. The standard InChI is InChI=1S/C19H24O4/c1-22-16-9-5-14(6-10-16)18(4-3-13-20)19(21)15-7-11-17(23-2)12-8-15/h5-12,18-21H,3-4,13H2,1-2H3. The van der Waals surface area contributed by atoms with Crippen molar-refractivity contribution < 1.29 is 19.7 Å². The molecule has 2 unspecified atom stereocenters. The summed E-state index contributed by atoms with van der Waals surface area (Å²) in [6.07, 6.45) is 0.709. The molecule has 0 saturated heterocycles. The lowest BCUT2D eigenvalue weighted by atomic mass is 9.85. The molecule has 0 amide bonds. The summed E-state index contributed by atoms with van der Waals surface area (Å²) in [5.74, 6) is 1.47. The Morgan fingerprint density at radius 1 is 0.826 bits per heavy atom. The summed E-state index contributed by atoms with van der Waals surface area (Å²) in [5, 5.41) is 19.9. The highest BCUT2D eigenvalue weighted by Gasteiger charge is 2.22. The fourth-order valence-electron chi connectivity index (χ4n) is 2.70. The Balaban J connectivity index is 2.24. The van der Waals surface area contributed by atoms with Gasteiger partial charge >= 0.3 is 0 Å². The van der Waals surface area contributed by atoms with Crippen LogP contribution in [0.4, 0.5) is 0 Å². The van der Waals surface area contributed by atoms with E-state index in [0.29, 0.717) is 12.8 Å². The lowest BCUT2D eigenvalue weighted by molar-refractivity contribution is 0.135. The first kappa shape index (κ1) is 17.3. The van der Waals surface area contributed by atoms with Crippen LogP contribution in [0.15, 0.2) is 48.5 Å². The molecule has 0 radical (unpaired) electrons. The van der Waals surface area contributed by atoms with E-state index >= 15 is 0 Å². The summed E-state index contributed by atoms with van der Waals surface area (Å²) in [5.41, 5.74) is 1.87. The van der Waals surface area contributed by atoms with Crippen LogP contribution in [0, 0.1) is 0 Å². The highest BCUT2D eigenvalue weighted by Crippen LogP contribution is 2.35. The predicted molar refractivity (Wildman–Crippen MR) is 90.0 cm³/mol. The highest BCUT2D eigenvalue weighted by molar-refractivity contribution is 5.34. The predicted octanol–water partition coefficient (Wildman–Crippen LogP) is 3.29. The van der Waals surface area contributed by atoms with Crippen molar-refractivity contribution in [1.29, 1.82) is 0 Å². The van der Waals surface area contributed by atoms with Crippen LogP contribution >= 0.6 is 0 Å². The van der Waals surface area contributed by atoms with Gasteiger partial charge in [-0.25, -0.2) is 0 Å². The van der Waals surface area contributed by atoms with Gasteiger partial charge in [-0.05, 0) is 48.2 Å². The van der Waals surface area contributed by atoms with Gasteiger partial charge in [-0.1, -0.05) is 24.3 Å². The zero-order chi connectivity index (χ0) is 16.7. The van der Waals surface area contributed by atoms with Crippen molar-refractivity contribution in [2.45, 2.75) is 24.9 Å². The second kappa shape index (κ2) is 8.56. The average Bonchev–Trinajstić information content (AvgIpc) is 2.62. The molecule has 0 fully saturated rings. The van der Waals surface area contributed by atoms with Gasteiger partial charge in [0.05, 0.1) is 20.3 Å². The highest BCUT2D eigenvalue weighted by atomic mass is 16.5. The molecule has 0 aliphatic carbocycles. The van der Waals surface area contributed by atoms with E-state index in [1.54, 1.807) is 14.2 Å². The quantitative estimate of drug-likeness (QED) is 0.784. The monoisotopic (exact) mass is 316 g/mol. The summed E-state index contributed by atoms with van der Waals surface area (Å²) >= 11 is 0. The summed E-state index contributed by atoms with van der Waals surface area (Å²) < 4.78 is 10.3. The van der Waals surface area contributed by atoms with Crippen LogP contribution in [-0.2, 0) is 0 Å². The van der Waals surface area contributed by atoms with Gasteiger partial charge < -0.3 is 19.7 Å². The van der Waals surface area contributed by atoms with E-state index in [4.69, 9.17) is 14.6 Å². The summed E-state index contributed by atoms with van der Waals surface area (Å²) in [4.78, 5) is 0. The van der Waals surface area contributed by atoms with E-state index in [1.807, 2.05) is 48.5 Å². The van der Waals surface area contributed by atoms with Crippen molar-refractivity contribution in [3.8, 4) is 11.5 Å². The number of methoxy groups -OCH3 is 2. The molecule has 0 aromatic heterocycles. The Hall–Kier alpha value is -2.04. The molecule has 0 saturated carbocycles. The zero-order valence-corrected chi connectivity index (χ0v) is 13.6. The Bertz CT molecular complexity index is 577. The van der Waals surface area contributed by atoms with Crippen molar-refractivity contribution in [3.63, 3.8) is 0 Å². The second-order valence-electron chi connectivity index (χ2n) is 5.46. The molecule has 0 aliphatic rings. The summed E-state index contributed by atoms with van der Waals surface area (Å²) in [7, 11) is 3.25. The van der Waals surface area contributed by atoms with Crippen molar-refractivity contribution in [3.05, 3.63) is 59.7 Å². The van der Waals surface area contributed by atoms with E-state index in [0.717, 1.165) is 22.6 Å². The molecular formula is C19H24O4. The molecule has 0 aliphatic heterocycles. The van der Waals surface area contributed by atoms with E-state index in [1.165, 1.54) is 0 Å². The molecular weight excluding hydrogens is 292 g/mol. The Morgan fingerprint density at radius 2 is 1.30 bits per heavy atom. The van der Waals surface area contributed by atoms with E-state index in [2.05, 4.69) is 0 Å². The fraction of sp³-hybridized carbons (Fsp3) is 0.368. The molecule has 2 aromatic rings. The van der Waals surface area contributed by atoms with Crippen LogP contribution < -0.4 is 9.47 Å². The molecule has 4 heteroatoms. The van der Waals surface area contributed by atoms with Gasteiger partial charge in [0.2, 0.25) is 0 Å². The van der Waals surface area contributed by atoms with Gasteiger partial charge in [-0.3, -0.25) is 0 Å². The van der Waals surface area contributed by atoms with Gasteiger partial charge in [-0.15, -0.1) is 0 Å². The second-order valence-corrected chi connectivity index (χ2v) is 5.46. The van der Waals surface area contributed by atoms with Gasteiger partial charge in [0, 0.05) is 12.5 Å². The topological polar surface area (TPSA) is 58.9 Å². The third kappa shape index (κ3) is 4.47. The van der Waals surface area contributed by atoms with E-state index < -0.39 is 6.10 Å². The van der Waals surface area contributed by atoms with Gasteiger partial charge in [-0.2, -0.15) is 0 Å². The van der Waals surface area contributed by atoms with Crippen LogP contribution in [-0.4, -0.2) is 31.0 Å². The SMILES string of the molecule is COc1ccc(C(O)C(CCCO)c2ccc(OC)cc2)cc1. The number of rotatable bonds is 8. The number of ether oxygens (including phenoxy) is 2. The number of aliphatic hydroxyl groups is 2. The maximum Gasteiger partial charge on any atom is 0.118 e. The van der Waals surface area contributed by atoms with Gasteiger partial charge in [0.1, 0.15) is 11.5 Å². The lowest BCUT2D eigenvalue weighted by Gasteiger charge is -2.24. The van der Waals surface area contributed by atoms with Crippen LogP contribution in [0.2, 0.25) is 0 Å². The van der Waals surface area contributed by atoms with E-state index in [-0.39, 0.29) is 12.5 Å². The molecule has 0 spiro atoms. The smallest absolute Gasteiger partial charge is 0.118 e. The molecule has 2 N–H and O–H groups in total. The van der Waals surface area contributed by atoms with Crippen LogP contribution in [0.3, 0.4) is 0 Å². The van der Waals surface area contributed by atoms with Gasteiger partial charge in [0.15, 0.2) is 0 Å². The maximum atomic E-state index is 10.8. The number of aliphatic hydroxyl groups excluding tert-OH is 2. The molecule has 0 heterocycles. The van der Waals surface area contributed by atoms with Crippen molar-refractivity contribution >= 4 is 0 Å². The third-order valence-electron chi connectivity index (χ3n) is 4.06. The molecule has 2 rings (SSSR count). The minimum atomic E-state index is -0.638. The van der Waals surface area contributed by atoms with E-state index in [9.17, 15) is 5.11 Å². The van der Waals surface area contributed by atoms with Crippen LogP contribution in [0.5, 0.6) is 11.5 Å². The normalized spacial score (nSPS) is 13.4. The molecule has 0 bridgehead atoms. The average molecular weight is 316 g/mol. The largest absolute Gasteiger partial charge is 0.497 e. The summed E-state index contributed by atoms with van der Waals surface area (Å²) in [6, 6.07) is 15.1. The number of hydrogen-bond donors (Lipinski definition) is 2. The first-order chi connectivity index (χ1) is 11.2. The number of benzene rings is 2. The minimum Gasteiger partial charge on any atom is -0.497 e. The van der Waals surface area contributed by atoms with Crippen molar-refractivity contribution in [2.24, 2.45) is 0 Å². The first-order valence-electron chi connectivity index (χ1n) is 7.76. The van der Waals surface area contributed by atoms with Gasteiger partial charge in [0.25, 0.3) is 0 Å². The van der Waals surface area contributed by atoms with Crippen molar-refractivity contribution in [2.75, 3.05) is 20.8 Å². The molecule has 2 atom stereocenters. The van der Waals surface area contributed by atoms with Crippen molar-refractivity contribution in [1.82, 2.24) is 0 Å². The fourth-order valence-corrected chi connectivity index (χ4v) is 2.70. The first-order valence-corrected chi connectivity index (χ1v) is 7.76. The minimum absolute atomic E-state index is 0.0820.